The lowest BCUT2D eigenvalue weighted by molar-refractivity contribution is -0.118. The van der Waals surface area contributed by atoms with E-state index < -0.39 is 0 Å². The molecule has 0 radical (unpaired) electrons. The van der Waals surface area contributed by atoms with Gasteiger partial charge in [0.15, 0.2) is 6.61 Å². The summed E-state index contributed by atoms with van der Waals surface area (Å²) in [5.41, 5.74) is 7.96. The molecule has 0 atom stereocenters. The molecule has 2 rings (SSSR count). The van der Waals surface area contributed by atoms with Crippen molar-refractivity contribution in [3.8, 4) is 5.75 Å². The Labute approximate surface area is 123 Å². The van der Waals surface area contributed by atoms with Crippen LogP contribution in [0.15, 0.2) is 12.1 Å². The fourth-order valence-corrected chi connectivity index (χ4v) is 1.94. The number of fused-ring (bicyclic) bond motifs is 1. The van der Waals surface area contributed by atoms with Crippen LogP contribution in [0.2, 0.25) is 0 Å². The molecule has 1 aliphatic rings. The van der Waals surface area contributed by atoms with Gasteiger partial charge in [0, 0.05) is 26.3 Å². The van der Waals surface area contributed by atoms with E-state index in [-0.39, 0.29) is 12.5 Å². The molecule has 1 aliphatic heterocycles. The summed E-state index contributed by atoms with van der Waals surface area (Å²) in [6, 6.07) is 3.50. The maximum Gasteiger partial charge on any atom is 0.262 e. The summed E-state index contributed by atoms with van der Waals surface area (Å²) in [6.07, 6.45) is 0.850. The number of amides is 1. The summed E-state index contributed by atoms with van der Waals surface area (Å²) in [5.74, 6) is 0.435. The first-order valence-electron chi connectivity index (χ1n) is 6.87. The van der Waals surface area contributed by atoms with Crippen LogP contribution < -0.4 is 21.1 Å². The molecule has 7 heteroatoms. The molecule has 0 bridgehead atoms. The van der Waals surface area contributed by atoms with Crippen molar-refractivity contribution < 1.29 is 19.0 Å². The molecular formula is C14H21N3O4. The summed E-state index contributed by atoms with van der Waals surface area (Å²) >= 11 is 0. The van der Waals surface area contributed by atoms with Gasteiger partial charge in [-0.25, -0.2) is 0 Å². The lowest BCUT2D eigenvalue weighted by Gasteiger charge is -2.20. The van der Waals surface area contributed by atoms with E-state index in [0.29, 0.717) is 36.9 Å². The fraction of sp³-hybridized carbons (Fsp3) is 0.500. The highest BCUT2D eigenvalue weighted by Crippen LogP contribution is 2.35. The van der Waals surface area contributed by atoms with Crippen molar-refractivity contribution in [1.82, 2.24) is 0 Å². The number of nitrogen functional groups attached to an aromatic ring is 1. The quantitative estimate of drug-likeness (QED) is 0.490. The molecule has 0 spiro atoms. The summed E-state index contributed by atoms with van der Waals surface area (Å²) < 4.78 is 15.6. The normalized spacial score (nSPS) is 13.3. The van der Waals surface area contributed by atoms with Gasteiger partial charge in [0.1, 0.15) is 5.75 Å². The molecule has 1 aromatic carbocycles. The Morgan fingerprint density at radius 3 is 3.05 bits per heavy atom. The highest BCUT2D eigenvalue weighted by molar-refractivity contribution is 5.97. The number of ether oxygens (including phenoxy) is 3. The minimum atomic E-state index is -0.162. The van der Waals surface area contributed by atoms with Crippen LogP contribution >= 0.6 is 0 Å². The van der Waals surface area contributed by atoms with Crippen molar-refractivity contribution in [2.45, 2.75) is 6.42 Å². The summed E-state index contributed by atoms with van der Waals surface area (Å²) in [4.78, 5) is 11.3. The number of benzene rings is 1. The molecule has 0 aromatic heterocycles. The standard InChI is InChI=1S/C14H21N3O4/c1-19-5-6-20-4-2-3-16-11-8-12-13(7-10(11)15)21-9-14(18)17-12/h7-8,16H,2-6,9,15H2,1H3,(H,17,18). The average molecular weight is 295 g/mol. The SMILES string of the molecule is COCCOCCCNc1cc2c(cc1N)OCC(=O)N2. The van der Waals surface area contributed by atoms with E-state index in [9.17, 15) is 4.79 Å². The zero-order valence-corrected chi connectivity index (χ0v) is 12.1. The van der Waals surface area contributed by atoms with Crippen molar-refractivity contribution >= 4 is 23.0 Å². The molecule has 7 nitrogen and oxygen atoms in total. The highest BCUT2D eigenvalue weighted by atomic mass is 16.5. The van der Waals surface area contributed by atoms with Crippen molar-refractivity contribution in [3.05, 3.63) is 12.1 Å². The number of anilines is 3. The van der Waals surface area contributed by atoms with E-state index in [1.807, 2.05) is 0 Å². The topological polar surface area (TPSA) is 94.8 Å². The molecule has 1 heterocycles. The maximum absolute atomic E-state index is 11.3. The van der Waals surface area contributed by atoms with Gasteiger partial charge < -0.3 is 30.6 Å². The summed E-state index contributed by atoms with van der Waals surface area (Å²) in [5, 5.41) is 5.98. The van der Waals surface area contributed by atoms with Crippen molar-refractivity contribution in [2.75, 3.05) is 56.4 Å². The Morgan fingerprint density at radius 2 is 2.24 bits per heavy atom. The number of nitrogens with one attached hydrogen (secondary N) is 2. The van der Waals surface area contributed by atoms with E-state index in [2.05, 4.69) is 10.6 Å². The van der Waals surface area contributed by atoms with Gasteiger partial charge in [0.25, 0.3) is 5.91 Å². The molecule has 0 saturated carbocycles. The molecule has 1 aromatic rings. The van der Waals surface area contributed by atoms with E-state index in [4.69, 9.17) is 19.9 Å². The molecule has 0 saturated heterocycles. The Kier molecular flexibility index (Phi) is 5.65. The lowest BCUT2D eigenvalue weighted by atomic mass is 10.2. The van der Waals surface area contributed by atoms with Crippen molar-refractivity contribution in [3.63, 3.8) is 0 Å². The van der Waals surface area contributed by atoms with E-state index in [1.165, 1.54) is 0 Å². The number of hydrogen-bond acceptors (Lipinski definition) is 6. The van der Waals surface area contributed by atoms with Crippen LogP contribution in [0.4, 0.5) is 17.1 Å². The van der Waals surface area contributed by atoms with E-state index in [1.54, 1.807) is 19.2 Å². The molecule has 4 N–H and O–H groups in total. The smallest absolute Gasteiger partial charge is 0.262 e. The predicted octanol–water partition coefficient (Wildman–Crippen LogP) is 1.06. The van der Waals surface area contributed by atoms with Crippen LogP contribution in [0.25, 0.3) is 0 Å². The van der Waals surface area contributed by atoms with Crippen LogP contribution in [0.3, 0.4) is 0 Å². The van der Waals surface area contributed by atoms with Crippen molar-refractivity contribution in [1.29, 1.82) is 0 Å². The van der Waals surface area contributed by atoms with Gasteiger partial charge >= 0.3 is 0 Å². The Hall–Kier alpha value is -1.99. The van der Waals surface area contributed by atoms with Gasteiger partial charge in [-0.2, -0.15) is 0 Å². The van der Waals surface area contributed by atoms with Crippen LogP contribution in [-0.2, 0) is 14.3 Å². The van der Waals surface area contributed by atoms with Gasteiger partial charge in [0.2, 0.25) is 0 Å². The number of methoxy groups -OCH3 is 1. The highest BCUT2D eigenvalue weighted by Gasteiger charge is 2.17. The molecular weight excluding hydrogens is 274 g/mol. The lowest BCUT2D eigenvalue weighted by Crippen LogP contribution is -2.25. The number of carbonyl (C=O) groups excluding carboxylic acids is 1. The third-order valence-electron chi connectivity index (χ3n) is 3.00. The number of hydrogen-bond donors (Lipinski definition) is 3. The first-order valence-corrected chi connectivity index (χ1v) is 6.87. The van der Waals surface area contributed by atoms with Gasteiger partial charge in [-0.05, 0) is 12.5 Å². The molecule has 0 unspecified atom stereocenters. The Bertz CT molecular complexity index is 493. The summed E-state index contributed by atoms with van der Waals surface area (Å²) in [6.45, 7) is 2.61. The minimum absolute atomic E-state index is 0.0258. The first kappa shape index (κ1) is 15.4. The average Bonchev–Trinajstić information content (AvgIpc) is 2.47. The molecule has 1 amide bonds. The van der Waals surface area contributed by atoms with Crippen molar-refractivity contribution in [2.24, 2.45) is 0 Å². The van der Waals surface area contributed by atoms with Crippen LogP contribution in [-0.4, -0.2) is 46.0 Å². The third-order valence-corrected chi connectivity index (χ3v) is 3.00. The second kappa shape index (κ2) is 7.70. The fourth-order valence-electron chi connectivity index (χ4n) is 1.94. The Balaban J connectivity index is 1.80. The maximum atomic E-state index is 11.3. The second-order valence-corrected chi connectivity index (χ2v) is 4.66. The Morgan fingerprint density at radius 1 is 1.38 bits per heavy atom. The van der Waals surface area contributed by atoms with Crippen LogP contribution in [0.1, 0.15) is 6.42 Å². The molecule has 0 fully saturated rings. The largest absolute Gasteiger partial charge is 0.482 e. The van der Waals surface area contributed by atoms with Gasteiger partial charge in [-0.1, -0.05) is 0 Å². The predicted molar refractivity (Wildman–Crippen MR) is 80.8 cm³/mol. The van der Waals surface area contributed by atoms with Gasteiger partial charge in [0.05, 0.1) is 30.3 Å². The van der Waals surface area contributed by atoms with Crippen LogP contribution in [0.5, 0.6) is 5.75 Å². The zero-order chi connectivity index (χ0) is 15.1. The summed E-state index contributed by atoms with van der Waals surface area (Å²) in [7, 11) is 1.65. The van der Waals surface area contributed by atoms with Gasteiger partial charge in [-0.15, -0.1) is 0 Å². The first-order chi connectivity index (χ1) is 10.2. The minimum Gasteiger partial charge on any atom is -0.482 e. The molecule has 0 aliphatic carbocycles. The zero-order valence-electron chi connectivity index (χ0n) is 12.1. The second-order valence-electron chi connectivity index (χ2n) is 4.66. The molecule has 116 valence electrons. The monoisotopic (exact) mass is 295 g/mol. The third kappa shape index (κ3) is 4.51. The van der Waals surface area contributed by atoms with Crippen LogP contribution in [0, 0.1) is 0 Å². The number of carbonyl (C=O) groups is 1. The number of nitrogens with two attached hydrogens (primary N) is 1. The van der Waals surface area contributed by atoms with E-state index in [0.717, 1.165) is 18.7 Å². The number of rotatable bonds is 8. The van der Waals surface area contributed by atoms with E-state index >= 15 is 0 Å². The molecule has 21 heavy (non-hydrogen) atoms. The van der Waals surface area contributed by atoms with Gasteiger partial charge in [-0.3, -0.25) is 4.79 Å².